The molecule has 0 fully saturated rings. The normalized spacial score (nSPS) is 10.4. The summed E-state index contributed by atoms with van der Waals surface area (Å²) in [6, 6.07) is 11.5. The highest BCUT2D eigenvalue weighted by Gasteiger charge is 2.11. The van der Waals surface area contributed by atoms with E-state index in [0.717, 1.165) is 5.56 Å². The average molecular weight is 268 g/mol. The van der Waals surface area contributed by atoms with Crippen LogP contribution in [0.25, 0.3) is 11.6 Å². The van der Waals surface area contributed by atoms with Gasteiger partial charge in [0, 0.05) is 6.42 Å². The van der Waals surface area contributed by atoms with Crippen molar-refractivity contribution >= 4 is 0 Å². The molecule has 20 heavy (non-hydrogen) atoms. The largest absolute Gasteiger partial charge is 0.342 e. The second-order valence-electron chi connectivity index (χ2n) is 4.22. The number of aromatic nitrogens is 3. The van der Waals surface area contributed by atoms with Crippen LogP contribution in [-0.2, 0) is 6.42 Å². The van der Waals surface area contributed by atoms with Crippen molar-refractivity contribution in [3.63, 3.8) is 0 Å². The molecule has 0 aliphatic heterocycles. The molecule has 0 atom stereocenters. The highest BCUT2D eigenvalue weighted by atomic mass is 19.1. The zero-order valence-corrected chi connectivity index (χ0v) is 10.3. The molecule has 2 heterocycles. The first kappa shape index (κ1) is 12.1. The maximum absolute atomic E-state index is 12.8. The molecule has 0 bridgehead atoms. The zero-order valence-electron chi connectivity index (χ0n) is 10.3. The molecular formula is C14H9FN4O. The van der Waals surface area contributed by atoms with Crippen molar-refractivity contribution < 1.29 is 8.91 Å². The summed E-state index contributed by atoms with van der Waals surface area (Å²) in [6.45, 7) is 0. The maximum atomic E-state index is 12.8. The Balaban J connectivity index is 1.80. The summed E-state index contributed by atoms with van der Waals surface area (Å²) in [5, 5.41) is 12.6. The molecule has 6 heteroatoms. The molecule has 0 saturated heterocycles. The standard InChI is InChI=1S/C14H9FN4O/c15-10-3-1-9(2-4-10)7-13-18-14(20-19-13)12-6-5-11(8-16)17-12/h1-6,17H,7H2. The number of rotatable bonds is 3. The van der Waals surface area contributed by atoms with Crippen LogP contribution in [0, 0.1) is 17.1 Å². The third-order valence-corrected chi connectivity index (χ3v) is 2.78. The van der Waals surface area contributed by atoms with E-state index >= 15 is 0 Å². The molecule has 5 nitrogen and oxygen atoms in total. The van der Waals surface area contributed by atoms with Crippen molar-refractivity contribution in [1.29, 1.82) is 5.26 Å². The summed E-state index contributed by atoms with van der Waals surface area (Å²) < 4.78 is 17.9. The van der Waals surface area contributed by atoms with Crippen LogP contribution in [0.2, 0.25) is 0 Å². The number of nitriles is 1. The fourth-order valence-corrected chi connectivity index (χ4v) is 1.81. The predicted molar refractivity (Wildman–Crippen MR) is 68.0 cm³/mol. The van der Waals surface area contributed by atoms with E-state index in [1.165, 1.54) is 12.1 Å². The first-order valence-corrected chi connectivity index (χ1v) is 5.91. The SMILES string of the molecule is N#Cc1ccc(-c2nc(Cc3ccc(F)cc3)no2)[nH]1. The molecule has 0 radical (unpaired) electrons. The highest BCUT2D eigenvalue weighted by molar-refractivity contribution is 5.49. The lowest BCUT2D eigenvalue weighted by Gasteiger charge is -1.95. The summed E-state index contributed by atoms with van der Waals surface area (Å²) in [4.78, 5) is 7.09. The number of nitrogens with zero attached hydrogens (tertiary/aromatic N) is 3. The van der Waals surface area contributed by atoms with Gasteiger partial charge in [0.05, 0.1) is 0 Å². The van der Waals surface area contributed by atoms with Crippen LogP contribution in [0.4, 0.5) is 4.39 Å². The van der Waals surface area contributed by atoms with Gasteiger partial charge >= 0.3 is 0 Å². The molecule has 0 amide bonds. The lowest BCUT2D eigenvalue weighted by molar-refractivity contribution is 0.423. The average Bonchev–Trinajstić information content (AvgIpc) is 3.10. The fraction of sp³-hybridized carbons (Fsp3) is 0.0714. The van der Waals surface area contributed by atoms with Gasteiger partial charge in [-0.15, -0.1) is 0 Å². The van der Waals surface area contributed by atoms with Gasteiger partial charge in [-0.3, -0.25) is 0 Å². The minimum atomic E-state index is -0.280. The summed E-state index contributed by atoms with van der Waals surface area (Å²) in [5.41, 5.74) is 1.92. The van der Waals surface area contributed by atoms with Crippen molar-refractivity contribution in [3.05, 3.63) is 59.3 Å². The molecular weight excluding hydrogens is 259 g/mol. The van der Waals surface area contributed by atoms with Gasteiger partial charge in [0.15, 0.2) is 5.82 Å². The van der Waals surface area contributed by atoms with Gasteiger partial charge in [0.1, 0.15) is 23.3 Å². The topological polar surface area (TPSA) is 78.5 Å². The Kier molecular flexibility index (Phi) is 3.01. The van der Waals surface area contributed by atoms with E-state index in [9.17, 15) is 4.39 Å². The summed E-state index contributed by atoms with van der Waals surface area (Å²) in [6.07, 6.45) is 0.454. The minimum absolute atomic E-state index is 0.280. The minimum Gasteiger partial charge on any atom is -0.342 e. The van der Waals surface area contributed by atoms with Crippen LogP contribution in [0.5, 0.6) is 0 Å². The third-order valence-electron chi connectivity index (χ3n) is 2.78. The smallest absolute Gasteiger partial charge is 0.274 e. The van der Waals surface area contributed by atoms with E-state index in [2.05, 4.69) is 15.1 Å². The second kappa shape index (κ2) is 4.97. The molecule has 0 aliphatic rings. The van der Waals surface area contributed by atoms with Crippen LogP contribution in [0.15, 0.2) is 40.9 Å². The lowest BCUT2D eigenvalue weighted by Crippen LogP contribution is -1.91. The Morgan fingerprint density at radius 1 is 1.20 bits per heavy atom. The van der Waals surface area contributed by atoms with Gasteiger partial charge in [0.25, 0.3) is 5.89 Å². The Labute approximate surface area is 113 Å². The number of benzene rings is 1. The number of hydrogen-bond acceptors (Lipinski definition) is 4. The van der Waals surface area contributed by atoms with E-state index < -0.39 is 0 Å². The number of halogens is 1. The van der Waals surface area contributed by atoms with E-state index in [1.807, 2.05) is 6.07 Å². The van der Waals surface area contributed by atoms with Gasteiger partial charge in [0.2, 0.25) is 0 Å². The highest BCUT2D eigenvalue weighted by Crippen LogP contribution is 2.17. The maximum Gasteiger partial charge on any atom is 0.274 e. The van der Waals surface area contributed by atoms with Crippen molar-refractivity contribution in [2.75, 3.05) is 0 Å². The molecule has 0 unspecified atom stereocenters. The van der Waals surface area contributed by atoms with Gasteiger partial charge in [-0.1, -0.05) is 17.3 Å². The molecule has 0 aliphatic carbocycles. The summed E-state index contributed by atoms with van der Waals surface area (Å²) in [5.74, 6) is 0.543. The van der Waals surface area contributed by atoms with Crippen LogP contribution in [-0.4, -0.2) is 15.1 Å². The van der Waals surface area contributed by atoms with Crippen molar-refractivity contribution in [3.8, 4) is 17.7 Å². The Morgan fingerprint density at radius 3 is 2.70 bits per heavy atom. The quantitative estimate of drug-likeness (QED) is 0.792. The van der Waals surface area contributed by atoms with Crippen LogP contribution < -0.4 is 0 Å². The monoisotopic (exact) mass is 268 g/mol. The second-order valence-corrected chi connectivity index (χ2v) is 4.22. The van der Waals surface area contributed by atoms with E-state index in [-0.39, 0.29) is 5.82 Å². The first-order valence-electron chi connectivity index (χ1n) is 5.91. The third kappa shape index (κ3) is 2.42. The summed E-state index contributed by atoms with van der Waals surface area (Å²) >= 11 is 0. The van der Waals surface area contributed by atoms with Crippen LogP contribution >= 0.6 is 0 Å². The number of aromatic amines is 1. The molecule has 3 aromatic rings. The Hall–Kier alpha value is -2.94. The summed E-state index contributed by atoms with van der Waals surface area (Å²) in [7, 11) is 0. The van der Waals surface area contributed by atoms with Crippen molar-refractivity contribution in [1.82, 2.24) is 15.1 Å². The molecule has 1 aromatic carbocycles. The number of H-pyrrole nitrogens is 1. The van der Waals surface area contributed by atoms with Crippen LogP contribution in [0.3, 0.4) is 0 Å². The molecule has 0 saturated carbocycles. The molecule has 98 valence electrons. The molecule has 0 spiro atoms. The molecule has 2 aromatic heterocycles. The molecule has 1 N–H and O–H groups in total. The predicted octanol–water partition coefficient (Wildman–Crippen LogP) is 2.67. The van der Waals surface area contributed by atoms with Gasteiger partial charge in [-0.2, -0.15) is 10.2 Å². The Morgan fingerprint density at radius 2 is 2.00 bits per heavy atom. The van der Waals surface area contributed by atoms with E-state index in [1.54, 1.807) is 24.3 Å². The van der Waals surface area contributed by atoms with E-state index in [0.29, 0.717) is 29.5 Å². The number of nitrogens with one attached hydrogen (secondary N) is 1. The van der Waals surface area contributed by atoms with Crippen molar-refractivity contribution in [2.45, 2.75) is 6.42 Å². The van der Waals surface area contributed by atoms with Gasteiger partial charge < -0.3 is 9.51 Å². The molecule has 3 rings (SSSR count). The van der Waals surface area contributed by atoms with Crippen LogP contribution in [0.1, 0.15) is 17.1 Å². The Bertz CT molecular complexity index is 767. The first-order chi connectivity index (χ1) is 9.74. The van der Waals surface area contributed by atoms with E-state index in [4.69, 9.17) is 9.78 Å². The van der Waals surface area contributed by atoms with Gasteiger partial charge in [-0.05, 0) is 29.8 Å². The zero-order chi connectivity index (χ0) is 13.9. The van der Waals surface area contributed by atoms with Crippen molar-refractivity contribution in [2.24, 2.45) is 0 Å². The van der Waals surface area contributed by atoms with Gasteiger partial charge in [-0.25, -0.2) is 4.39 Å². The fourth-order valence-electron chi connectivity index (χ4n) is 1.81. The number of hydrogen-bond donors (Lipinski definition) is 1. The lowest BCUT2D eigenvalue weighted by atomic mass is 10.1.